The zero-order valence-electron chi connectivity index (χ0n) is 10.3. The van der Waals surface area contributed by atoms with Crippen LogP contribution in [-0.4, -0.2) is 49.3 Å². The summed E-state index contributed by atoms with van der Waals surface area (Å²) in [7, 11) is 0. The van der Waals surface area contributed by atoms with Gasteiger partial charge in [0.25, 0.3) is 0 Å². The van der Waals surface area contributed by atoms with Gasteiger partial charge in [-0.2, -0.15) is 5.26 Å². The van der Waals surface area contributed by atoms with Crippen LogP contribution in [0, 0.1) is 11.3 Å². The first-order chi connectivity index (χ1) is 8.76. The van der Waals surface area contributed by atoms with E-state index in [0.29, 0.717) is 11.3 Å². The van der Waals surface area contributed by atoms with Crippen molar-refractivity contribution in [3.8, 4) is 6.07 Å². The van der Waals surface area contributed by atoms with E-state index in [1.165, 1.54) is 0 Å². The van der Waals surface area contributed by atoms with E-state index in [9.17, 15) is 0 Å². The lowest BCUT2D eigenvalue weighted by Gasteiger charge is -2.36. The Hall–Kier alpha value is -1.77. The zero-order valence-corrected chi connectivity index (χ0v) is 10.3. The average Bonchev–Trinajstić information content (AvgIpc) is 2.41. The Bertz CT molecular complexity index is 447. The molecule has 0 aliphatic carbocycles. The van der Waals surface area contributed by atoms with Crippen molar-refractivity contribution in [2.75, 3.05) is 50.0 Å². The van der Waals surface area contributed by atoms with Crippen LogP contribution in [-0.2, 0) is 0 Å². The standard InChI is InChI=1S/C13H18N4O/c14-10-11-2-1-3-12(13(11)15)17-6-4-16(5-7-17)8-9-18/h1-3,18H,4-9,15H2. The molecule has 0 aromatic heterocycles. The molecule has 5 nitrogen and oxygen atoms in total. The molecule has 0 amide bonds. The SMILES string of the molecule is N#Cc1cccc(N2CCN(CCO)CC2)c1N. The quantitative estimate of drug-likeness (QED) is 0.748. The number of aliphatic hydroxyl groups excluding tert-OH is 1. The van der Waals surface area contributed by atoms with E-state index >= 15 is 0 Å². The third-order valence-corrected chi connectivity index (χ3v) is 3.33. The molecule has 18 heavy (non-hydrogen) atoms. The van der Waals surface area contributed by atoms with E-state index in [0.717, 1.165) is 38.4 Å². The predicted octanol–water partition coefficient (Wildman–Crippen LogP) is 0.255. The Balaban J connectivity index is 2.08. The molecule has 1 aliphatic rings. The number of benzene rings is 1. The second-order valence-electron chi connectivity index (χ2n) is 4.40. The van der Waals surface area contributed by atoms with Gasteiger partial charge < -0.3 is 15.7 Å². The summed E-state index contributed by atoms with van der Waals surface area (Å²) in [5.74, 6) is 0. The molecule has 5 heteroatoms. The molecule has 0 atom stereocenters. The highest BCUT2D eigenvalue weighted by Gasteiger charge is 2.18. The summed E-state index contributed by atoms with van der Waals surface area (Å²) in [4.78, 5) is 4.42. The number of β-amino-alcohol motifs (C(OH)–C–C–N with tert-alkyl or cyclic N) is 1. The van der Waals surface area contributed by atoms with Crippen molar-refractivity contribution < 1.29 is 5.11 Å². The molecule has 0 saturated carbocycles. The van der Waals surface area contributed by atoms with Crippen LogP contribution in [0.1, 0.15) is 5.56 Å². The normalized spacial score (nSPS) is 16.6. The van der Waals surface area contributed by atoms with Gasteiger partial charge in [-0.3, -0.25) is 4.90 Å². The number of nitrogens with zero attached hydrogens (tertiary/aromatic N) is 3. The summed E-state index contributed by atoms with van der Waals surface area (Å²) in [6.45, 7) is 4.50. The number of hydrogen-bond donors (Lipinski definition) is 2. The second-order valence-corrected chi connectivity index (χ2v) is 4.40. The van der Waals surface area contributed by atoms with Crippen LogP contribution in [0.2, 0.25) is 0 Å². The predicted molar refractivity (Wildman–Crippen MR) is 71.3 cm³/mol. The van der Waals surface area contributed by atoms with Crippen LogP contribution in [0.25, 0.3) is 0 Å². The van der Waals surface area contributed by atoms with Gasteiger partial charge in [-0.1, -0.05) is 6.07 Å². The molecule has 0 radical (unpaired) electrons. The Kier molecular flexibility index (Phi) is 4.03. The highest BCUT2D eigenvalue weighted by Crippen LogP contribution is 2.26. The van der Waals surface area contributed by atoms with Gasteiger partial charge >= 0.3 is 0 Å². The van der Waals surface area contributed by atoms with Crippen LogP contribution in [0.3, 0.4) is 0 Å². The summed E-state index contributed by atoms with van der Waals surface area (Å²) >= 11 is 0. The van der Waals surface area contributed by atoms with Crippen LogP contribution >= 0.6 is 0 Å². The monoisotopic (exact) mass is 246 g/mol. The first-order valence-electron chi connectivity index (χ1n) is 6.13. The molecule has 0 spiro atoms. The first-order valence-corrected chi connectivity index (χ1v) is 6.13. The van der Waals surface area contributed by atoms with Crippen molar-refractivity contribution >= 4 is 11.4 Å². The Labute approximate surface area is 107 Å². The lowest BCUT2D eigenvalue weighted by molar-refractivity contribution is 0.189. The summed E-state index contributed by atoms with van der Waals surface area (Å²) < 4.78 is 0. The fourth-order valence-electron chi connectivity index (χ4n) is 2.28. The van der Waals surface area contributed by atoms with E-state index in [1.54, 1.807) is 6.07 Å². The van der Waals surface area contributed by atoms with Gasteiger partial charge in [0, 0.05) is 32.7 Å². The summed E-state index contributed by atoms with van der Waals surface area (Å²) in [6.07, 6.45) is 0. The molecule has 1 aliphatic heterocycles. The molecule has 1 aromatic rings. The minimum atomic E-state index is 0.200. The van der Waals surface area contributed by atoms with Gasteiger partial charge in [0.2, 0.25) is 0 Å². The average molecular weight is 246 g/mol. The van der Waals surface area contributed by atoms with E-state index in [-0.39, 0.29) is 6.61 Å². The number of rotatable bonds is 3. The lowest BCUT2D eigenvalue weighted by atomic mass is 10.1. The van der Waals surface area contributed by atoms with Crippen molar-refractivity contribution in [2.24, 2.45) is 0 Å². The molecule has 0 unspecified atom stereocenters. The lowest BCUT2D eigenvalue weighted by Crippen LogP contribution is -2.47. The third-order valence-electron chi connectivity index (χ3n) is 3.33. The Morgan fingerprint density at radius 3 is 2.61 bits per heavy atom. The number of nitrogens with two attached hydrogens (primary N) is 1. The minimum absolute atomic E-state index is 0.200. The third kappa shape index (κ3) is 2.55. The van der Waals surface area contributed by atoms with Crippen molar-refractivity contribution in [3.63, 3.8) is 0 Å². The second kappa shape index (κ2) is 5.71. The first kappa shape index (κ1) is 12.7. The highest BCUT2D eigenvalue weighted by molar-refractivity contribution is 5.74. The largest absolute Gasteiger partial charge is 0.396 e. The van der Waals surface area contributed by atoms with E-state index in [1.807, 2.05) is 12.1 Å². The molecule has 3 N–H and O–H groups in total. The molecule has 1 saturated heterocycles. The van der Waals surface area contributed by atoms with Crippen LogP contribution in [0.15, 0.2) is 18.2 Å². The summed E-state index contributed by atoms with van der Waals surface area (Å²) in [5, 5.41) is 17.9. The van der Waals surface area contributed by atoms with Gasteiger partial charge in [-0.15, -0.1) is 0 Å². The number of hydrogen-bond acceptors (Lipinski definition) is 5. The van der Waals surface area contributed by atoms with Crippen molar-refractivity contribution in [1.29, 1.82) is 5.26 Å². The van der Waals surface area contributed by atoms with Gasteiger partial charge in [-0.25, -0.2) is 0 Å². The number of anilines is 2. The molecular formula is C13H18N4O. The van der Waals surface area contributed by atoms with Crippen LogP contribution < -0.4 is 10.6 Å². The molecule has 0 bridgehead atoms. The summed E-state index contributed by atoms with van der Waals surface area (Å²) in [5.41, 5.74) is 8.04. The van der Waals surface area contributed by atoms with Crippen molar-refractivity contribution in [1.82, 2.24) is 4.90 Å². The Morgan fingerprint density at radius 1 is 1.28 bits per heavy atom. The van der Waals surface area contributed by atoms with Crippen LogP contribution in [0.4, 0.5) is 11.4 Å². The van der Waals surface area contributed by atoms with Gasteiger partial charge in [0.05, 0.1) is 23.5 Å². The molecule has 1 aromatic carbocycles. The topological polar surface area (TPSA) is 76.5 Å². The van der Waals surface area contributed by atoms with Crippen molar-refractivity contribution in [3.05, 3.63) is 23.8 Å². The Morgan fingerprint density at radius 2 is 2.00 bits per heavy atom. The number of para-hydroxylation sites is 1. The number of nitriles is 1. The molecular weight excluding hydrogens is 228 g/mol. The highest BCUT2D eigenvalue weighted by atomic mass is 16.3. The van der Waals surface area contributed by atoms with E-state index in [2.05, 4.69) is 15.9 Å². The molecule has 2 rings (SSSR count). The van der Waals surface area contributed by atoms with Crippen LogP contribution in [0.5, 0.6) is 0 Å². The van der Waals surface area contributed by atoms with E-state index < -0.39 is 0 Å². The van der Waals surface area contributed by atoms with Gasteiger partial charge in [-0.05, 0) is 12.1 Å². The smallest absolute Gasteiger partial charge is 0.101 e. The summed E-state index contributed by atoms with van der Waals surface area (Å²) in [6, 6.07) is 7.67. The van der Waals surface area contributed by atoms with Gasteiger partial charge in [0.15, 0.2) is 0 Å². The maximum atomic E-state index is 8.97. The molecule has 1 heterocycles. The molecule has 96 valence electrons. The number of nitrogen functional groups attached to an aromatic ring is 1. The van der Waals surface area contributed by atoms with Gasteiger partial charge in [0.1, 0.15) is 6.07 Å². The fourth-order valence-corrected chi connectivity index (χ4v) is 2.28. The zero-order chi connectivity index (χ0) is 13.0. The van der Waals surface area contributed by atoms with E-state index in [4.69, 9.17) is 16.1 Å². The molecule has 1 fully saturated rings. The maximum Gasteiger partial charge on any atom is 0.101 e. The number of aliphatic hydroxyl groups is 1. The fraction of sp³-hybridized carbons (Fsp3) is 0.462. The number of piperazine rings is 1. The van der Waals surface area contributed by atoms with Crippen molar-refractivity contribution in [2.45, 2.75) is 0 Å². The minimum Gasteiger partial charge on any atom is -0.396 e. The maximum absolute atomic E-state index is 8.97.